The van der Waals surface area contributed by atoms with E-state index in [0.29, 0.717) is 5.11 Å². The van der Waals surface area contributed by atoms with Gasteiger partial charge in [0.05, 0.1) is 22.4 Å². The topological polar surface area (TPSA) is 44.5 Å². The van der Waals surface area contributed by atoms with E-state index in [1.807, 2.05) is 60.8 Å². The second kappa shape index (κ2) is 11.0. The molecule has 5 nitrogen and oxygen atoms in total. The van der Waals surface area contributed by atoms with Crippen LogP contribution in [0.3, 0.4) is 0 Å². The maximum Gasteiger partial charge on any atom is 0.174 e. The molecular formula is C30H29ClN4OS2. The Morgan fingerprint density at radius 3 is 2.53 bits per heavy atom. The van der Waals surface area contributed by atoms with E-state index in [1.54, 1.807) is 11.8 Å². The van der Waals surface area contributed by atoms with Crippen LogP contribution in [0, 0.1) is 5.92 Å². The Hall–Kier alpha value is -3.00. The zero-order chi connectivity index (χ0) is 26.1. The van der Waals surface area contributed by atoms with Gasteiger partial charge in [0.25, 0.3) is 0 Å². The van der Waals surface area contributed by atoms with Crippen molar-refractivity contribution in [3.8, 4) is 0 Å². The van der Waals surface area contributed by atoms with E-state index in [2.05, 4.69) is 51.3 Å². The Morgan fingerprint density at radius 2 is 1.79 bits per heavy atom. The van der Waals surface area contributed by atoms with Crippen molar-refractivity contribution in [3.05, 3.63) is 102 Å². The molecule has 2 aliphatic heterocycles. The zero-order valence-electron chi connectivity index (χ0n) is 21.1. The van der Waals surface area contributed by atoms with Crippen molar-refractivity contribution in [3.63, 3.8) is 0 Å². The van der Waals surface area contributed by atoms with Crippen LogP contribution in [-0.2, 0) is 0 Å². The van der Waals surface area contributed by atoms with E-state index in [-0.39, 0.29) is 12.1 Å². The Bertz CT molecular complexity index is 1410. The number of nitrogens with zero attached hydrogens (tertiary/aromatic N) is 3. The molecule has 2 aromatic heterocycles. The van der Waals surface area contributed by atoms with Crippen LogP contribution in [0.2, 0.25) is 5.02 Å². The predicted molar refractivity (Wildman–Crippen MR) is 159 cm³/mol. The van der Waals surface area contributed by atoms with Crippen molar-refractivity contribution in [2.24, 2.45) is 5.92 Å². The van der Waals surface area contributed by atoms with Gasteiger partial charge in [-0.15, -0.1) is 0 Å². The SMILES string of the molecule is CC1CCN(c2ccc(N3C(=S)NC(c4ccccn4)C3c3ccc(Sc4ccccc4)o3)cc2Cl)CC1. The zero-order valence-corrected chi connectivity index (χ0v) is 23.5. The normalized spacial score (nSPS) is 20.1. The molecule has 2 atom stereocenters. The molecule has 1 N–H and O–H groups in total. The molecule has 2 aromatic carbocycles. The monoisotopic (exact) mass is 560 g/mol. The van der Waals surface area contributed by atoms with Crippen molar-refractivity contribution < 1.29 is 4.42 Å². The van der Waals surface area contributed by atoms with E-state index in [0.717, 1.165) is 56.8 Å². The molecule has 0 saturated carbocycles. The summed E-state index contributed by atoms with van der Waals surface area (Å²) in [6.07, 6.45) is 4.19. The van der Waals surface area contributed by atoms with Gasteiger partial charge in [-0.3, -0.25) is 4.98 Å². The highest BCUT2D eigenvalue weighted by Gasteiger charge is 2.42. The number of pyridine rings is 1. The second-order valence-corrected chi connectivity index (χ2v) is 11.7. The van der Waals surface area contributed by atoms with Gasteiger partial charge < -0.3 is 19.5 Å². The molecule has 2 saturated heterocycles. The summed E-state index contributed by atoms with van der Waals surface area (Å²) in [5.41, 5.74) is 2.91. The lowest BCUT2D eigenvalue weighted by Gasteiger charge is -2.33. The number of nitrogens with one attached hydrogen (secondary N) is 1. The third kappa shape index (κ3) is 5.15. The van der Waals surface area contributed by atoms with Crippen LogP contribution < -0.4 is 15.1 Å². The van der Waals surface area contributed by atoms with Crippen LogP contribution >= 0.6 is 35.6 Å². The number of hydrogen-bond acceptors (Lipinski definition) is 5. The summed E-state index contributed by atoms with van der Waals surface area (Å²) in [6, 6.07) is 26.1. The number of thiocarbonyl (C=S) groups is 1. The number of rotatable bonds is 6. The van der Waals surface area contributed by atoms with Crippen LogP contribution in [0.1, 0.15) is 43.3 Å². The summed E-state index contributed by atoms with van der Waals surface area (Å²) >= 11 is 14.4. The van der Waals surface area contributed by atoms with Crippen LogP contribution in [0.25, 0.3) is 0 Å². The number of furan rings is 1. The molecule has 0 radical (unpaired) electrons. The largest absolute Gasteiger partial charge is 0.452 e. The van der Waals surface area contributed by atoms with Crippen LogP contribution in [0.15, 0.2) is 99.5 Å². The first-order valence-electron chi connectivity index (χ1n) is 12.9. The lowest BCUT2D eigenvalue weighted by molar-refractivity contribution is 0.383. The summed E-state index contributed by atoms with van der Waals surface area (Å²) < 4.78 is 6.44. The lowest BCUT2D eigenvalue weighted by Crippen LogP contribution is -2.33. The lowest BCUT2D eigenvalue weighted by atomic mass is 9.98. The molecule has 8 heteroatoms. The number of hydrogen-bond donors (Lipinski definition) is 1. The van der Waals surface area contributed by atoms with Gasteiger partial charge in [0.15, 0.2) is 10.2 Å². The van der Waals surface area contributed by atoms with E-state index in [9.17, 15) is 0 Å². The maximum absolute atomic E-state index is 6.90. The summed E-state index contributed by atoms with van der Waals surface area (Å²) in [5, 5.41) is 5.69. The maximum atomic E-state index is 6.90. The van der Waals surface area contributed by atoms with Gasteiger partial charge in [-0.2, -0.15) is 0 Å². The van der Waals surface area contributed by atoms with E-state index < -0.39 is 0 Å². The van der Waals surface area contributed by atoms with Crippen LogP contribution in [0.5, 0.6) is 0 Å². The average molecular weight is 561 g/mol. The van der Waals surface area contributed by atoms with Crippen molar-refractivity contribution >= 4 is 52.1 Å². The van der Waals surface area contributed by atoms with E-state index in [1.165, 1.54) is 12.8 Å². The molecule has 2 unspecified atom stereocenters. The first kappa shape index (κ1) is 25.3. The third-order valence-corrected chi connectivity index (χ3v) is 8.83. The van der Waals surface area contributed by atoms with Gasteiger partial charge in [0, 0.05) is 29.9 Å². The predicted octanol–water partition coefficient (Wildman–Crippen LogP) is 7.89. The molecule has 2 fully saturated rings. The summed E-state index contributed by atoms with van der Waals surface area (Å²) in [7, 11) is 0. The van der Waals surface area contributed by atoms with Gasteiger partial charge >= 0.3 is 0 Å². The van der Waals surface area contributed by atoms with Gasteiger partial charge in [0.2, 0.25) is 0 Å². The molecule has 0 aliphatic carbocycles. The quantitative estimate of drug-likeness (QED) is 0.240. The van der Waals surface area contributed by atoms with E-state index >= 15 is 0 Å². The fraction of sp³-hybridized carbons (Fsp3) is 0.267. The van der Waals surface area contributed by atoms with Gasteiger partial charge in [-0.05, 0) is 85.6 Å². The number of anilines is 2. The molecule has 6 rings (SSSR count). The summed E-state index contributed by atoms with van der Waals surface area (Å²) in [5.74, 6) is 1.58. The molecule has 0 bridgehead atoms. The van der Waals surface area contributed by atoms with E-state index in [4.69, 9.17) is 28.2 Å². The Morgan fingerprint density at radius 1 is 1.00 bits per heavy atom. The average Bonchev–Trinajstić information content (AvgIpc) is 3.54. The molecule has 0 spiro atoms. The van der Waals surface area contributed by atoms with Crippen molar-refractivity contribution in [2.45, 2.75) is 41.8 Å². The van der Waals surface area contributed by atoms with Gasteiger partial charge in [-0.1, -0.05) is 54.6 Å². The highest BCUT2D eigenvalue weighted by atomic mass is 35.5. The Kier molecular flexibility index (Phi) is 7.32. The molecular weight excluding hydrogens is 532 g/mol. The number of benzene rings is 2. The van der Waals surface area contributed by atoms with Crippen molar-refractivity contribution in [2.75, 3.05) is 22.9 Å². The molecule has 194 valence electrons. The Labute approximate surface area is 238 Å². The van der Waals surface area contributed by atoms with Crippen LogP contribution in [0.4, 0.5) is 11.4 Å². The number of aromatic nitrogens is 1. The molecule has 38 heavy (non-hydrogen) atoms. The minimum absolute atomic E-state index is 0.175. The highest BCUT2D eigenvalue weighted by molar-refractivity contribution is 7.99. The smallest absolute Gasteiger partial charge is 0.174 e. The second-order valence-electron chi connectivity index (χ2n) is 9.87. The number of halogens is 1. The minimum Gasteiger partial charge on any atom is -0.452 e. The first-order valence-corrected chi connectivity index (χ1v) is 14.5. The van der Waals surface area contributed by atoms with Crippen LogP contribution in [-0.4, -0.2) is 23.2 Å². The minimum atomic E-state index is -0.222. The first-order chi connectivity index (χ1) is 18.6. The molecule has 4 heterocycles. The van der Waals surface area contributed by atoms with Crippen molar-refractivity contribution in [1.82, 2.24) is 10.3 Å². The fourth-order valence-corrected chi connectivity index (χ4v) is 6.67. The third-order valence-electron chi connectivity index (χ3n) is 7.29. The molecule has 0 amide bonds. The fourth-order valence-electron chi connectivity index (χ4n) is 5.23. The molecule has 2 aliphatic rings. The van der Waals surface area contributed by atoms with Crippen molar-refractivity contribution in [1.29, 1.82) is 0 Å². The Balaban J connectivity index is 1.34. The van der Waals surface area contributed by atoms with Gasteiger partial charge in [-0.25, -0.2) is 0 Å². The summed E-state index contributed by atoms with van der Waals surface area (Å²) in [4.78, 5) is 10.3. The standard InChI is InChI=1S/C30H29ClN4OS2/c1-20-14-17-34(18-15-20)25-11-10-21(19-23(25)31)35-29(28(33-30(35)37)24-9-5-6-16-32-24)26-12-13-27(36-26)38-22-7-3-2-4-8-22/h2-13,16,19-20,28-29H,14-15,17-18H2,1H3,(H,33,37). The van der Waals surface area contributed by atoms with Gasteiger partial charge in [0.1, 0.15) is 11.8 Å². The summed E-state index contributed by atoms with van der Waals surface area (Å²) in [6.45, 7) is 4.38. The number of piperidine rings is 1. The molecule has 4 aromatic rings. The highest BCUT2D eigenvalue weighted by Crippen LogP contribution is 2.45.